The maximum atomic E-state index is 12.5. The first kappa shape index (κ1) is 19.3. The summed E-state index contributed by atoms with van der Waals surface area (Å²) in [5.41, 5.74) is 3.82. The van der Waals surface area contributed by atoms with E-state index in [9.17, 15) is 8.42 Å². The van der Waals surface area contributed by atoms with Crippen LogP contribution >= 0.6 is 23.4 Å². The summed E-state index contributed by atoms with van der Waals surface area (Å²) in [6.07, 6.45) is 0. The van der Waals surface area contributed by atoms with Crippen molar-refractivity contribution in [1.82, 2.24) is 4.72 Å². The lowest BCUT2D eigenvalue weighted by Gasteiger charge is -2.13. The highest BCUT2D eigenvalue weighted by Gasteiger charge is 2.19. The summed E-state index contributed by atoms with van der Waals surface area (Å²) >= 11 is 7.54. The number of halogens is 1. The summed E-state index contributed by atoms with van der Waals surface area (Å²) in [5, 5.41) is 0.723. The molecule has 1 N–H and O–H groups in total. The minimum Gasteiger partial charge on any atom is -0.210 e. The van der Waals surface area contributed by atoms with Gasteiger partial charge in [-0.2, -0.15) is 11.8 Å². The zero-order valence-corrected chi connectivity index (χ0v) is 16.5. The van der Waals surface area contributed by atoms with E-state index in [1.807, 2.05) is 57.2 Å². The highest BCUT2D eigenvalue weighted by atomic mass is 35.5. The maximum absolute atomic E-state index is 12.5. The molecule has 24 heavy (non-hydrogen) atoms. The topological polar surface area (TPSA) is 46.2 Å². The van der Waals surface area contributed by atoms with E-state index < -0.39 is 10.0 Å². The van der Waals surface area contributed by atoms with Gasteiger partial charge >= 0.3 is 0 Å². The molecule has 0 aliphatic carbocycles. The number of aryl methyl sites for hydroxylation is 3. The summed E-state index contributed by atoms with van der Waals surface area (Å²) in [7, 11) is -3.47. The molecule has 2 aromatic carbocycles. The Bertz CT molecular complexity index is 779. The standard InChI is InChI=1S/C18H22ClNO2S2/c1-13-10-14(2)18(15(3)11-13)24(21,22)20-8-9-23-12-16-4-6-17(19)7-5-16/h4-7,10-11,20H,8-9,12H2,1-3H3. The second kappa shape index (κ2) is 8.39. The van der Waals surface area contributed by atoms with E-state index in [4.69, 9.17) is 11.6 Å². The van der Waals surface area contributed by atoms with Crippen molar-refractivity contribution >= 4 is 33.4 Å². The van der Waals surface area contributed by atoms with Crippen LogP contribution < -0.4 is 4.72 Å². The quantitative estimate of drug-likeness (QED) is 0.717. The number of nitrogens with one attached hydrogen (secondary N) is 1. The number of thioether (sulfide) groups is 1. The van der Waals surface area contributed by atoms with Crippen molar-refractivity contribution in [2.24, 2.45) is 0 Å². The van der Waals surface area contributed by atoms with Gasteiger partial charge in [-0.05, 0) is 49.6 Å². The van der Waals surface area contributed by atoms with Crippen molar-refractivity contribution in [2.45, 2.75) is 31.4 Å². The first-order valence-corrected chi connectivity index (χ1v) is 10.7. The fourth-order valence-electron chi connectivity index (χ4n) is 2.68. The fraction of sp³-hybridized carbons (Fsp3) is 0.333. The third kappa shape index (κ3) is 5.24. The third-order valence-corrected chi connectivity index (χ3v) is 6.64. The Hall–Kier alpha value is -1.01. The summed E-state index contributed by atoms with van der Waals surface area (Å²) in [4.78, 5) is 0.399. The van der Waals surface area contributed by atoms with E-state index in [0.29, 0.717) is 17.2 Å². The zero-order chi connectivity index (χ0) is 17.7. The fourth-order valence-corrected chi connectivity index (χ4v) is 5.24. The van der Waals surface area contributed by atoms with Crippen molar-refractivity contribution in [3.63, 3.8) is 0 Å². The zero-order valence-electron chi connectivity index (χ0n) is 14.1. The molecule has 0 aliphatic rings. The Kier molecular flexibility index (Phi) is 6.75. The minimum absolute atomic E-state index is 0.399. The van der Waals surface area contributed by atoms with Gasteiger partial charge in [-0.3, -0.25) is 0 Å². The summed E-state index contributed by atoms with van der Waals surface area (Å²) in [5.74, 6) is 1.55. The van der Waals surface area contributed by atoms with E-state index in [-0.39, 0.29) is 0 Å². The lowest BCUT2D eigenvalue weighted by Crippen LogP contribution is -2.27. The summed E-state index contributed by atoms with van der Waals surface area (Å²) < 4.78 is 27.7. The number of hydrogen-bond acceptors (Lipinski definition) is 3. The first-order chi connectivity index (χ1) is 11.3. The molecule has 0 saturated heterocycles. The van der Waals surface area contributed by atoms with Crippen LogP contribution in [0.4, 0.5) is 0 Å². The molecule has 0 bridgehead atoms. The van der Waals surface area contributed by atoms with Crippen LogP contribution in [0.2, 0.25) is 5.02 Å². The Morgan fingerprint density at radius 3 is 2.21 bits per heavy atom. The molecule has 0 heterocycles. The van der Waals surface area contributed by atoms with Crippen LogP contribution in [0.25, 0.3) is 0 Å². The maximum Gasteiger partial charge on any atom is 0.241 e. The Morgan fingerprint density at radius 2 is 1.62 bits per heavy atom. The van der Waals surface area contributed by atoms with E-state index in [1.165, 1.54) is 5.56 Å². The van der Waals surface area contributed by atoms with Crippen molar-refractivity contribution in [3.8, 4) is 0 Å². The predicted molar refractivity (Wildman–Crippen MR) is 103 cm³/mol. The molecule has 0 radical (unpaired) electrons. The van der Waals surface area contributed by atoms with Crippen LogP contribution in [0.5, 0.6) is 0 Å². The lowest BCUT2D eigenvalue weighted by molar-refractivity contribution is 0.583. The highest BCUT2D eigenvalue weighted by molar-refractivity contribution is 7.98. The number of benzene rings is 2. The molecule has 130 valence electrons. The molecule has 0 fully saturated rings. The van der Waals surface area contributed by atoms with Gasteiger partial charge in [-0.1, -0.05) is 41.4 Å². The van der Waals surface area contributed by atoms with Gasteiger partial charge in [0.15, 0.2) is 0 Å². The Balaban J connectivity index is 1.88. The Morgan fingerprint density at radius 1 is 1.04 bits per heavy atom. The van der Waals surface area contributed by atoms with E-state index >= 15 is 0 Å². The van der Waals surface area contributed by atoms with Gasteiger partial charge in [0.1, 0.15) is 0 Å². The van der Waals surface area contributed by atoms with Crippen molar-refractivity contribution < 1.29 is 8.42 Å². The molecule has 2 rings (SSSR count). The van der Waals surface area contributed by atoms with E-state index in [2.05, 4.69) is 4.72 Å². The Labute approximate surface area is 153 Å². The van der Waals surface area contributed by atoms with E-state index in [1.54, 1.807) is 11.8 Å². The lowest BCUT2D eigenvalue weighted by atomic mass is 10.1. The van der Waals surface area contributed by atoms with Crippen LogP contribution in [-0.4, -0.2) is 20.7 Å². The molecule has 0 spiro atoms. The largest absolute Gasteiger partial charge is 0.241 e. The summed E-state index contributed by atoms with van der Waals surface area (Å²) in [6, 6.07) is 11.5. The molecule has 6 heteroatoms. The van der Waals surface area contributed by atoms with Gasteiger partial charge in [0.05, 0.1) is 4.90 Å². The second-order valence-corrected chi connectivity index (χ2v) is 9.05. The van der Waals surface area contributed by atoms with Gasteiger partial charge in [-0.15, -0.1) is 0 Å². The molecule has 0 saturated carbocycles. The average Bonchev–Trinajstić information content (AvgIpc) is 2.47. The number of sulfonamides is 1. The van der Waals surface area contributed by atoms with Crippen LogP contribution in [0.15, 0.2) is 41.3 Å². The second-order valence-electron chi connectivity index (χ2n) is 5.80. The monoisotopic (exact) mass is 383 g/mol. The molecule has 0 aromatic heterocycles. The number of rotatable bonds is 7. The van der Waals surface area contributed by atoms with Crippen molar-refractivity contribution in [2.75, 3.05) is 12.3 Å². The molecule has 3 nitrogen and oxygen atoms in total. The molecule has 0 aliphatic heterocycles. The predicted octanol–water partition coefficient (Wildman–Crippen LogP) is 4.48. The molecule has 0 amide bonds. The van der Waals surface area contributed by atoms with Crippen LogP contribution in [0.3, 0.4) is 0 Å². The normalized spacial score (nSPS) is 11.7. The van der Waals surface area contributed by atoms with Gasteiger partial charge in [-0.25, -0.2) is 13.1 Å². The van der Waals surface area contributed by atoms with Crippen LogP contribution in [0.1, 0.15) is 22.3 Å². The first-order valence-electron chi connectivity index (χ1n) is 7.69. The summed E-state index contributed by atoms with van der Waals surface area (Å²) in [6.45, 7) is 6.05. The molecule has 0 atom stereocenters. The van der Waals surface area contributed by atoms with Gasteiger partial charge < -0.3 is 0 Å². The molecule has 2 aromatic rings. The van der Waals surface area contributed by atoms with Crippen molar-refractivity contribution in [3.05, 3.63) is 63.7 Å². The van der Waals surface area contributed by atoms with Gasteiger partial charge in [0, 0.05) is 23.1 Å². The van der Waals surface area contributed by atoms with E-state index in [0.717, 1.165) is 27.5 Å². The molecule has 0 unspecified atom stereocenters. The smallest absolute Gasteiger partial charge is 0.210 e. The molecular formula is C18H22ClNO2S2. The number of hydrogen-bond donors (Lipinski definition) is 1. The SMILES string of the molecule is Cc1cc(C)c(S(=O)(=O)NCCSCc2ccc(Cl)cc2)c(C)c1. The van der Waals surface area contributed by atoms with Crippen LogP contribution in [0, 0.1) is 20.8 Å². The van der Waals surface area contributed by atoms with Gasteiger partial charge in [0.2, 0.25) is 10.0 Å². The minimum atomic E-state index is -3.47. The third-order valence-electron chi connectivity index (χ3n) is 3.59. The molecular weight excluding hydrogens is 362 g/mol. The highest BCUT2D eigenvalue weighted by Crippen LogP contribution is 2.21. The average molecular weight is 384 g/mol. The van der Waals surface area contributed by atoms with Crippen molar-refractivity contribution in [1.29, 1.82) is 0 Å². The van der Waals surface area contributed by atoms with Gasteiger partial charge in [0.25, 0.3) is 0 Å². The van der Waals surface area contributed by atoms with Crippen LogP contribution in [-0.2, 0) is 15.8 Å².